The molecule has 0 spiro atoms. The van der Waals surface area contributed by atoms with Crippen molar-refractivity contribution in [1.29, 1.82) is 0 Å². The van der Waals surface area contributed by atoms with Gasteiger partial charge in [-0.15, -0.1) is 0 Å². The highest BCUT2D eigenvalue weighted by Crippen LogP contribution is 2.24. The molecule has 0 aliphatic rings. The van der Waals surface area contributed by atoms with Gasteiger partial charge in [0.15, 0.2) is 0 Å². The highest BCUT2D eigenvalue weighted by Gasteiger charge is 2.05. The Kier molecular flexibility index (Phi) is 2.51. The molecule has 2 aromatic rings. The zero-order chi connectivity index (χ0) is 10.1. The maximum atomic E-state index is 5.99. The summed E-state index contributed by atoms with van der Waals surface area (Å²) < 4.78 is 2.16. The van der Waals surface area contributed by atoms with Gasteiger partial charge < -0.3 is 4.57 Å². The lowest BCUT2D eigenvalue weighted by Gasteiger charge is -1.96. The predicted octanol–water partition coefficient (Wildman–Crippen LogP) is 3.78. The molecule has 0 saturated carbocycles. The Morgan fingerprint density at radius 3 is 2.86 bits per heavy atom. The number of fused-ring (bicyclic) bond motifs is 1. The molecule has 0 saturated heterocycles. The van der Waals surface area contributed by atoms with Crippen LogP contribution < -0.4 is 0 Å². The predicted molar refractivity (Wildman–Crippen MR) is 61.9 cm³/mol. The highest BCUT2D eigenvalue weighted by molar-refractivity contribution is 6.31. The molecule has 1 heterocycles. The first kappa shape index (κ1) is 9.60. The van der Waals surface area contributed by atoms with Crippen LogP contribution in [0.3, 0.4) is 0 Å². The summed E-state index contributed by atoms with van der Waals surface area (Å²) in [6.45, 7) is 2.20. The van der Waals surface area contributed by atoms with E-state index in [0.29, 0.717) is 0 Å². The van der Waals surface area contributed by atoms with Gasteiger partial charge in [-0.25, -0.2) is 0 Å². The Labute approximate surface area is 89.3 Å². The van der Waals surface area contributed by atoms with E-state index in [1.165, 1.54) is 22.9 Å². The van der Waals surface area contributed by atoms with E-state index in [0.717, 1.165) is 11.4 Å². The molecule has 1 aromatic carbocycles. The normalized spacial score (nSPS) is 11.1. The molecule has 2 heteroatoms. The number of halogens is 1. The zero-order valence-corrected chi connectivity index (χ0v) is 9.30. The van der Waals surface area contributed by atoms with Crippen molar-refractivity contribution in [3.05, 3.63) is 35.0 Å². The first-order valence-electron chi connectivity index (χ1n) is 4.96. The third kappa shape index (κ3) is 1.53. The summed E-state index contributed by atoms with van der Waals surface area (Å²) in [6, 6.07) is 6.08. The fourth-order valence-electron chi connectivity index (χ4n) is 1.91. The van der Waals surface area contributed by atoms with E-state index in [-0.39, 0.29) is 0 Å². The van der Waals surface area contributed by atoms with Crippen LogP contribution in [0.2, 0.25) is 5.02 Å². The molecule has 0 atom stereocenters. The lowest BCUT2D eigenvalue weighted by Crippen LogP contribution is -1.82. The summed E-state index contributed by atoms with van der Waals surface area (Å²) in [7, 11) is 2.08. The fourth-order valence-corrected chi connectivity index (χ4v) is 2.09. The second-order valence-corrected chi connectivity index (χ2v) is 4.11. The molecular formula is C12H14ClN. The third-order valence-electron chi connectivity index (χ3n) is 2.55. The molecule has 74 valence electrons. The largest absolute Gasteiger partial charge is 0.350 e. The van der Waals surface area contributed by atoms with Gasteiger partial charge in [0.05, 0.1) is 0 Å². The van der Waals surface area contributed by atoms with Gasteiger partial charge in [0.25, 0.3) is 0 Å². The van der Waals surface area contributed by atoms with E-state index in [9.17, 15) is 0 Å². The summed E-state index contributed by atoms with van der Waals surface area (Å²) in [5, 5.41) is 2.11. The Morgan fingerprint density at radius 2 is 2.14 bits per heavy atom. The molecule has 0 fully saturated rings. The lowest BCUT2D eigenvalue weighted by molar-refractivity contribution is 0.903. The maximum absolute atomic E-state index is 5.99. The first-order valence-corrected chi connectivity index (χ1v) is 5.33. The van der Waals surface area contributed by atoms with Gasteiger partial charge in [-0.05, 0) is 30.2 Å². The number of hydrogen-bond donors (Lipinski definition) is 0. The van der Waals surface area contributed by atoms with Crippen molar-refractivity contribution in [2.24, 2.45) is 7.05 Å². The molecule has 0 N–H and O–H groups in total. The Morgan fingerprint density at radius 1 is 1.36 bits per heavy atom. The van der Waals surface area contributed by atoms with Crippen LogP contribution in [0, 0.1) is 0 Å². The quantitative estimate of drug-likeness (QED) is 0.706. The van der Waals surface area contributed by atoms with Crippen LogP contribution in [0.5, 0.6) is 0 Å². The minimum Gasteiger partial charge on any atom is -0.350 e. The average Bonchev–Trinajstić information content (AvgIpc) is 2.44. The van der Waals surface area contributed by atoms with Crippen LogP contribution in [-0.4, -0.2) is 4.57 Å². The monoisotopic (exact) mass is 207 g/mol. The number of aryl methyl sites for hydroxylation is 2. The minimum atomic E-state index is 0.820. The van der Waals surface area contributed by atoms with Crippen LogP contribution >= 0.6 is 11.6 Å². The molecule has 0 unspecified atom stereocenters. The van der Waals surface area contributed by atoms with Gasteiger partial charge in [0.1, 0.15) is 0 Å². The lowest BCUT2D eigenvalue weighted by atomic mass is 10.1. The summed E-state index contributed by atoms with van der Waals surface area (Å²) in [6.07, 6.45) is 4.49. The van der Waals surface area contributed by atoms with Crippen molar-refractivity contribution in [3.63, 3.8) is 0 Å². The minimum absolute atomic E-state index is 0.820. The van der Waals surface area contributed by atoms with Gasteiger partial charge in [0.2, 0.25) is 0 Å². The van der Waals surface area contributed by atoms with Crippen molar-refractivity contribution < 1.29 is 0 Å². The SMILES string of the molecule is CCCc1cn(C)c2ccc(Cl)cc12. The Bertz CT molecular complexity index is 457. The zero-order valence-electron chi connectivity index (χ0n) is 8.55. The van der Waals surface area contributed by atoms with Gasteiger partial charge in [-0.2, -0.15) is 0 Å². The molecule has 0 radical (unpaired) electrons. The molecule has 1 aromatic heterocycles. The van der Waals surface area contributed by atoms with Crippen molar-refractivity contribution in [3.8, 4) is 0 Å². The van der Waals surface area contributed by atoms with E-state index in [4.69, 9.17) is 11.6 Å². The molecule has 2 rings (SSSR count). The summed E-state index contributed by atoms with van der Waals surface area (Å²) in [5.41, 5.74) is 2.66. The molecule has 1 nitrogen and oxygen atoms in total. The Hall–Kier alpha value is -0.950. The maximum Gasteiger partial charge on any atom is 0.0481 e. The van der Waals surface area contributed by atoms with Crippen LogP contribution in [0.4, 0.5) is 0 Å². The third-order valence-corrected chi connectivity index (χ3v) is 2.79. The second-order valence-electron chi connectivity index (χ2n) is 3.68. The van der Waals surface area contributed by atoms with E-state index < -0.39 is 0 Å². The van der Waals surface area contributed by atoms with Crippen molar-refractivity contribution in [2.45, 2.75) is 19.8 Å². The molecular weight excluding hydrogens is 194 g/mol. The van der Waals surface area contributed by atoms with Crippen LogP contribution in [0.15, 0.2) is 24.4 Å². The second kappa shape index (κ2) is 3.66. The van der Waals surface area contributed by atoms with Crippen molar-refractivity contribution in [1.82, 2.24) is 4.57 Å². The molecule has 0 bridgehead atoms. The van der Waals surface area contributed by atoms with Gasteiger partial charge in [-0.1, -0.05) is 24.9 Å². The number of rotatable bonds is 2. The van der Waals surface area contributed by atoms with Crippen molar-refractivity contribution in [2.75, 3.05) is 0 Å². The van der Waals surface area contributed by atoms with Gasteiger partial charge in [0, 0.05) is 29.2 Å². The number of benzene rings is 1. The average molecular weight is 208 g/mol. The molecule has 0 aliphatic heterocycles. The Balaban J connectivity index is 2.66. The standard InChI is InChI=1S/C12H14ClN/c1-3-4-9-8-14(2)12-6-5-10(13)7-11(9)12/h5-8H,3-4H2,1-2H3. The molecule has 0 aliphatic carbocycles. The van der Waals surface area contributed by atoms with Crippen LogP contribution in [-0.2, 0) is 13.5 Å². The van der Waals surface area contributed by atoms with Crippen molar-refractivity contribution >= 4 is 22.5 Å². The summed E-state index contributed by atoms with van der Waals surface area (Å²) in [4.78, 5) is 0. The van der Waals surface area contributed by atoms with Crippen LogP contribution in [0.25, 0.3) is 10.9 Å². The molecule has 14 heavy (non-hydrogen) atoms. The molecule has 0 amide bonds. The fraction of sp³-hybridized carbons (Fsp3) is 0.333. The van der Waals surface area contributed by atoms with E-state index in [1.54, 1.807) is 0 Å². The number of aromatic nitrogens is 1. The van der Waals surface area contributed by atoms with Gasteiger partial charge >= 0.3 is 0 Å². The smallest absolute Gasteiger partial charge is 0.0481 e. The summed E-state index contributed by atoms with van der Waals surface area (Å²) >= 11 is 5.99. The number of nitrogens with zero attached hydrogens (tertiary/aromatic N) is 1. The van der Waals surface area contributed by atoms with E-state index in [1.807, 2.05) is 6.07 Å². The van der Waals surface area contributed by atoms with Crippen LogP contribution in [0.1, 0.15) is 18.9 Å². The topological polar surface area (TPSA) is 4.93 Å². The van der Waals surface area contributed by atoms with Gasteiger partial charge in [-0.3, -0.25) is 0 Å². The summed E-state index contributed by atoms with van der Waals surface area (Å²) in [5.74, 6) is 0. The van der Waals surface area contributed by atoms with E-state index >= 15 is 0 Å². The number of hydrogen-bond acceptors (Lipinski definition) is 0. The first-order chi connectivity index (χ1) is 6.72. The van der Waals surface area contributed by atoms with E-state index in [2.05, 4.69) is 36.9 Å². The highest BCUT2D eigenvalue weighted by atomic mass is 35.5.